The Morgan fingerprint density at radius 3 is 2.00 bits per heavy atom. The molecule has 0 bridgehead atoms. The molecule has 0 aliphatic carbocycles. The van der Waals surface area contributed by atoms with Gasteiger partial charge in [0.15, 0.2) is 0 Å². The second-order valence-electron chi connectivity index (χ2n) is 7.15. The van der Waals surface area contributed by atoms with Gasteiger partial charge in [0.1, 0.15) is 11.5 Å². The van der Waals surface area contributed by atoms with Crippen molar-refractivity contribution in [2.45, 2.75) is 26.7 Å². The zero-order chi connectivity index (χ0) is 21.6. The third kappa shape index (κ3) is 3.08. The van der Waals surface area contributed by atoms with E-state index in [0.29, 0.717) is 33.8 Å². The predicted octanol–water partition coefficient (Wildman–Crippen LogP) is 2.99. The summed E-state index contributed by atoms with van der Waals surface area (Å²) in [5.41, 5.74) is 2.01. The number of H-pyrrole nitrogens is 4. The summed E-state index contributed by atoms with van der Waals surface area (Å²) in [4.78, 5) is 36.0. The molecule has 0 fully saturated rings. The lowest BCUT2D eigenvalue weighted by atomic mass is 9.89. The van der Waals surface area contributed by atoms with Crippen LogP contribution in [0.4, 0.5) is 5.69 Å². The van der Waals surface area contributed by atoms with Crippen LogP contribution in [-0.2, 0) is 0 Å². The summed E-state index contributed by atoms with van der Waals surface area (Å²) in [6.45, 7) is 5.19. The van der Waals surface area contributed by atoms with E-state index in [1.165, 1.54) is 6.07 Å². The Bertz CT molecular complexity index is 1310. The number of nitrogens with zero attached hydrogens (tertiary/aromatic N) is 1. The van der Waals surface area contributed by atoms with E-state index in [0.717, 1.165) is 5.56 Å². The van der Waals surface area contributed by atoms with E-state index in [1.807, 2.05) is 0 Å². The molecule has 10 nitrogen and oxygen atoms in total. The molecule has 3 aromatic heterocycles. The molecule has 0 amide bonds. The van der Waals surface area contributed by atoms with Crippen molar-refractivity contribution in [3.63, 3.8) is 0 Å². The highest BCUT2D eigenvalue weighted by Crippen LogP contribution is 2.37. The van der Waals surface area contributed by atoms with E-state index in [1.54, 1.807) is 45.0 Å². The second-order valence-corrected chi connectivity index (χ2v) is 7.15. The van der Waals surface area contributed by atoms with Crippen LogP contribution in [0.2, 0.25) is 0 Å². The van der Waals surface area contributed by atoms with Gasteiger partial charge in [-0.3, -0.25) is 29.9 Å². The van der Waals surface area contributed by atoms with Crippen LogP contribution < -0.4 is 11.1 Å². The fraction of sp³-hybridized carbons (Fsp3) is 0.200. The minimum atomic E-state index is -0.798. The van der Waals surface area contributed by atoms with Crippen molar-refractivity contribution in [3.8, 4) is 11.3 Å². The molecule has 4 rings (SSSR count). The number of aryl methyl sites for hydroxylation is 3. The fourth-order valence-corrected chi connectivity index (χ4v) is 3.69. The number of benzene rings is 1. The molecule has 1 aromatic carbocycles. The molecule has 10 heteroatoms. The van der Waals surface area contributed by atoms with Gasteiger partial charge < -0.3 is 14.6 Å². The third-order valence-corrected chi connectivity index (χ3v) is 5.13. The molecule has 0 atom stereocenters. The Morgan fingerprint density at radius 1 is 0.900 bits per heavy atom. The van der Waals surface area contributed by atoms with E-state index in [2.05, 4.69) is 20.4 Å². The lowest BCUT2D eigenvalue weighted by molar-refractivity contribution is -0.384. The average molecular weight is 409 g/mol. The summed E-state index contributed by atoms with van der Waals surface area (Å²) >= 11 is 0. The number of nitro groups is 1. The van der Waals surface area contributed by atoms with Crippen molar-refractivity contribution in [1.82, 2.24) is 20.4 Å². The van der Waals surface area contributed by atoms with E-state index in [4.69, 9.17) is 4.42 Å². The first-order chi connectivity index (χ1) is 14.3. The van der Waals surface area contributed by atoms with Crippen LogP contribution in [0.1, 0.15) is 39.8 Å². The van der Waals surface area contributed by atoms with E-state index in [-0.39, 0.29) is 22.6 Å². The number of furan rings is 1. The first-order valence-electron chi connectivity index (χ1n) is 9.17. The molecule has 0 saturated carbocycles. The average Bonchev–Trinajstić information content (AvgIpc) is 3.39. The summed E-state index contributed by atoms with van der Waals surface area (Å²) in [6, 6.07) is 8.07. The quantitative estimate of drug-likeness (QED) is 0.295. The Balaban J connectivity index is 1.92. The maximum absolute atomic E-state index is 12.5. The SMILES string of the molecule is Cc1ccc(-c2ccc(C(c3c(C)[nH][nH]c3=O)c3c(C)[nH][nH]c3=O)o2)c([N+](=O)[O-])c1. The van der Waals surface area contributed by atoms with E-state index >= 15 is 0 Å². The fourth-order valence-electron chi connectivity index (χ4n) is 3.69. The topological polar surface area (TPSA) is 154 Å². The number of nitrogens with one attached hydrogen (secondary N) is 4. The van der Waals surface area contributed by atoms with Crippen molar-refractivity contribution in [3.05, 3.63) is 95.0 Å². The van der Waals surface area contributed by atoms with Crippen molar-refractivity contribution >= 4 is 5.69 Å². The highest BCUT2D eigenvalue weighted by Gasteiger charge is 2.31. The smallest absolute Gasteiger partial charge is 0.280 e. The second kappa shape index (κ2) is 7.07. The van der Waals surface area contributed by atoms with Crippen LogP contribution in [0.25, 0.3) is 11.3 Å². The summed E-state index contributed by atoms with van der Waals surface area (Å²) < 4.78 is 5.99. The van der Waals surface area contributed by atoms with Gasteiger partial charge in [0, 0.05) is 17.5 Å². The Hall–Kier alpha value is -4.08. The maximum Gasteiger partial charge on any atom is 0.280 e. The zero-order valence-corrected chi connectivity index (χ0v) is 16.5. The normalized spacial score (nSPS) is 11.3. The van der Waals surface area contributed by atoms with Gasteiger partial charge >= 0.3 is 0 Å². The van der Waals surface area contributed by atoms with Gasteiger partial charge in [-0.1, -0.05) is 6.07 Å². The van der Waals surface area contributed by atoms with Crippen molar-refractivity contribution in [1.29, 1.82) is 0 Å². The molecule has 0 aliphatic rings. The van der Waals surface area contributed by atoms with E-state index < -0.39 is 10.8 Å². The molecule has 0 saturated heterocycles. The number of nitro benzene ring substituents is 1. The summed E-state index contributed by atoms with van der Waals surface area (Å²) in [7, 11) is 0. The lowest BCUT2D eigenvalue weighted by Gasteiger charge is -2.12. The number of hydrogen-bond acceptors (Lipinski definition) is 5. The Morgan fingerprint density at radius 2 is 1.50 bits per heavy atom. The minimum absolute atomic E-state index is 0.0844. The van der Waals surface area contributed by atoms with Gasteiger partial charge in [0.05, 0.1) is 27.5 Å². The Kier molecular flexibility index (Phi) is 4.53. The number of aromatic nitrogens is 4. The maximum atomic E-state index is 12.5. The van der Waals surface area contributed by atoms with Crippen LogP contribution in [0.15, 0.2) is 44.3 Å². The van der Waals surface area contributed by atoms with Gasteiger partial charge in [-0.05, 0) is 44.5 Å². The third-order valence-electron chi connectivity index (χ3n) is 5.13. The van der Waals surface area contributed by atoms with Gasteiger partial charge in [-0.2, -0.15) is 0 Å². The largest absolute Gasteiger partial charge is 0.460 e. The van der Waals surface area contributed by atoms with Gasteiger partial charge in [0.2, 0.25) is 0 Å². The highest BCUT2D eigenvalue weighted by atomic mass is 16.6. The standard InChI is InChI=1S/C20H19N5O5/c1-9-4-5-12(13(8-9)25(28)29)14-6-7-15(30-14)18(16-10(2)21-23-19(16)26)17-11(3)22-24-20(17)27/h4-8,18H,1-3H3,(H2,21,23,26)(H2,22,24,27). The highest BCUT2D eigenvalue weighted by molar-refractivity contribution is 5.70. The summed E-state index contributed by atoms with van der Waals surface area (Å²) in [5.74, 6) is -0.203. The molecule has 154 valence electrons. The first kappa shape index (κ1) is 19.2. The molecular weight excluding hydrogens is 390 g/mol. The molecule has 0 unspecified atom stereocenters. The van der Waals surface area contributed by atoms with Crippen LogP contribution >= 0.6 is 0 Å². The van der Waals surface area contributed by atoms with Crippen molar-refractivity contribution in [2.24, 2.45) is 0 Å². The van der Waals surface area contributed by atoms with Crippen LogP contribution in [-0.4, -0.2) is 25.3 Å². The molecule has 4 aromatic rings. The minimum Gasteiger partial charge on any atom is -0.460 e. The molecule has 3 heterocycles. The zero-order valence-electron chi connectivity index (χ0n) is 16.5. The Labute approximate surface area is 169 Å². The molecule has 30 heavy (non-hydrogen) atoms. The van der Waals surface area contributed by atoms with Gasteiger partial charge in [-0.15, -0.1) is 0 Å². The lowest BCUT2D eigenvalue weighted by Crippen LogP contribution is -2.19. The number of hydrogen-bond donors (Lipinski definition) is 4. The van der Waals surface area contributed by atoms with Crippen molar-refractivity contribution in [2.75, 3.05) is 0 Å². The monoisotopic (exact) mass is 409 g/mol. The van der Waals surface area contributed by atoms with E-state index in [9.17, 15) is 19.7 Å². The molecule has 0 radical (unpaired) electrons. The number of aromatic amines is 4. The van der Waals surface area contributed by atoms with Crippen molar-refractivity contribution < 1.29 is 9.34 Å². The van der Waals surface area contributed by atoms with Crippen LogP contribution in [0.3, 0.4) is 0 Å². The first-order valence-corrected chi connectivity index (χ1v) is 9.17. The summed E-state index contributed by atoms with van der Waals surface area (Å²) in [6.07, 6.45) is 0. The molecule has 0 aliphatic heterocycles. The molecule has 4 N–H and O–H groups in total. The molecule has 0 spiro atoms. The number of rotatable bonds is 5. The summed E-state index contributed by atoms with van der Waals surface area (Å²) in [5, 5.41) is 22.1. The van der Waals surface area contributed by atoms with Gasteiger partial charge in [-0.25, -0.2) is 0 Å². The molecular formula is C20H19N5O5. The van der Waals surface area contributed by atoms with Crippen LogP contribution in [0, 0.1) is 30.9 Å². The van der Waals surface area contributed by atoms with Crippen LogP contribution in [0.5, 0.6) is 0 Å². The van der Waals surface area contributed by atoms with Gasteiger partial charge in [0.25, 0.3) is 16.8 Å². The predicted molar refractivity (Wildman–Crippen MR) is 109 cm³/mol.